The smallest absolute Gasteiger partial charge is 0.251 e. The molecule has 148 valence electrons. The molecule has 1 amide bonds. The molecule has 28 heavy (non-hydrogen) atoms. The van der Waals surface area contributed by atoms with E-state index in [4.69, 9.17) is 4.74 Å². The number of benzene rings is 2. The van der Waals surface area contributed by atoms with Gasteiger partial charge in [0.05, 0.1) is 18.5 Å². The Morgan fingerprint density at radius 1 is 1.07 bits per heavy atom. The first kappa shape index (κ1) is 20.0. The fraction of sp³-hybridized carbons (Fsp3) is 0.348. The largest absolute Gasteiger partial charge is 0.497 e. The van der Waals surface area contributed by atoms with Gasteiger partial charge in [0.25, 0.3) is 5.91 Å². The Hall–Kier alpha value is -2.79. The van der Waals surface area contributed by atoms with Crippen molar-refractivity contribution in [1.29, 1.82) is 0 Å². The number of hydrogen-bond acceptors (Lipinski definition) is 4. The Bertz CT molecular complexity index is 843. The summed E-state index contributed by atoms with van der Waals surface area (Å²) < 4.78 is 5.21. The van der Waals surface area contributed by atoms with E-state index in [1.807, 2.05) is 54.3 Å². The van der Waals surface area contributed by atoms with E-state index in [-0.39, 0.29) is 5.91 Å². The third kappa shape index (κ3) is 4.54. The first-order valence-corrected chi connectivity index (χ1v) is 9.62. The highest BCUT2D eigenvalue weighted by Crippen LogP contribution is 2.33. The van der Waals surface area contributed by atoms with Gasteiger partial charge in [0.2, 0.25) is 0 Å². The van der Waals surface area contributed by atoms with E-state index in [1.54, 1.807) is 13.2 Å². The summed E-state index contributed by atoms with van der Waals surface area (Å²) in [4.78, 5) is 19.5. The maximum absolute atomic E-state index is 13.0. The quantitative estimate of drug-likeness (QED) is 0.720. The number of likely N-dealkylation sites (N-methyl/N-ethyl adjacent to an activating group) is 1. The lowest BCUT2D eigenvalue weighted by Crippen LogP contribution is -2.45. The van der Waals surface area contributed by atoms with E-state index in [0.717, 1.165) is 47.9 Å². The lowest BCUT2D eigenvalue weighted by atomic mass is 10.1. The molecule has 0 saturated heterocycles. The van der Waals surface area contributed by atoms with E-state index in [0.29, 0.717) is 6.54 Å². The molecule has 0 unspecified atom stereocenters. The minimum atomic E-state index is 0.0213. The van der Waals surface area contributed by atoms with Crippen molar-refractivity contribution >= 4 is 22.9 Å². The maximum Gasteiger partial charge on any atom is 0.251 e. The number of carbonyl (C=O) groups excluding carboxylic acids is 1. The number of para-hydroxylation sites is 2. The first-order chi connectivity index (χ1) is 13.5. The van der Waals surface area contributed by atoms with Crippen LogP contribution in [0.15, 0.2) is 54.6 Å². The summed E-state index contributed by atoms with van der Waals surface area (Å²) in [5.41, 5.74) is 4.07. The maximum atomic E-state index is 13.0. The van der Waals surface area contributed by atoms with Gasteiger partial charge in [-0.2, -0.15) is 0 Å². The lowest BCUT2D eigenvalue weighted by molar-refractivity contribution is -0.114. The molecule has 0 aliphatic carbocycles. The van der Waals surface area contributed by atoms with Crippen LogP contribution in [0.3, 0.4) is 0 Å². The van der Waals surface area contributed by atoms with Crippen molar-refractivity contribution in [2.24, 2.45) is 0 Å². The van der Waals surface area contributed by atoms with Crippen LogP contribution in [-0.4, -0.2) is 58.2 Å². The number of nitrogens with zero attached hydrogens (tertiary/aromatic N) is 3. The highest BCUT2D eigenvalue weighted by molar-refractivity contribution is 6.07. The van der Waals surface area contributed by atoms with E-state index in [1.165, 1.54) is 0 Å². The average molecular weight is 380 g/mol. The fourth-order valence-electron chi connectivity index (χ4n) is 3.40. The minimum absolute atomic E-state index is 0.0213. The number of amides is 1. The highest BCUT2D eigenvalue weighted by atomic mass is 16.5. The van der Waals surface area contributed by atoms with Crippen LogP contribution in [0.5, 0.6) is 5.75 Å². The molecular weight excluding hydrogens is 350 g/mol. The third-order valence-electron chi connectivity index (χ3n) is 5.08. The van der Waals surface area contributed by atoms with Crippen LogP contribution in [0.2, 0.25) is 0 Å². The van der Waals surface area contributed by atoms with Crippen LogP contribution < -0.4 is 14.5 Å². The minimum Gasteiger partial charge on any atom is -0.497 e. The Kier molecular flexibility index (Phi) is 6.37. The summed E-state index contributed by atoms with van der Waals surface area (Å²) in [5, 5.41) is 0. The summed E-state index contributed by atoms with van der Waals surface area (Å²) in [6, 6.07) is 15.9. The summed E-state index contributed by atoms with van der Waals surface area (Å²) in [7, 11) is 5.81. The number of rotatable bonds is 6. The molecule has 3 rings (SSSR count). The van der Waals surface area contributed by atoms with Gasteiger partial charge >= 0.3 is 0 Å². The van der Waals surface area contributed by atoms with Gasteiger partial charge in [-0.15, -0.1) is 0 Å². The molecule has 5 heteroatoms. The van der Waals surface area contributed by atoms with Crippen molar-refractivity contribution in [2.75, 3.05) is 57.2 Å². The predicted octanol–water partition coefficient (Wildman–Crippen LogP) is 3.51. The van der Waals surface area contributed by atoms with Crippen molar-refractivity contribution in [3.8, 4) is 5.75 Å². The van der Waals surface area contributed by atoms with Gasteiger partial charge < -0.3 is 19.4 Å². The molecule has 0 atom stereocenters. The highest BCUT2D eigenvalue weighted by Gasteiger charge is 2.25. The van der Waals surface area contributed by atoms with Gasteiger partial charge in [-0.05, 0) is 56.4 Å². The van der Waals surface area contributed by atoms with E-state index in [2.05, 4.69) is 30.0 Å². The molecule has 0 radical (unpaired) electrons. The number of fused-ring (bicyclic) bond motifs is 1. The Morgan fingerprint density at radius 3 is 2.39 bits per heavy atom. The van der Waals surface area contributed by atoms with Gasteiger partial charge in [-0.3, -0.25) is 4.79 Å². The molecule has 1 aliphatic heterocycles. The Balaban J connectivity index is 1.80. The summed E-state index contributed by atoms with van der Waals surface area (Å²) >= 11 is 0. The van der Waals surface area contributed by atoms with Crippen LogP contribution in [0, 0.1) is 0 Å². The molecule has 0 saturated carbocycles. The third-order valence-corrected chi connectivity index (χ3v) is 5.08. The molecule has 0 fully saturated rings. The van der Waals surface area contributed by atoms with Crippen LogP contribution >= 0.6 is 0 Å². The van der Waals surface area contributed by atoms with Crippen molar-refractivity contribution in [2.45, 2.75) is 6.92 Å². The second-order valence-corrected chi connectivity index (χ2v) is 7.32. The lowest BCUT2D eigenvalue weighted by Gasteiger charge is -2.38. The number of allylic oxidation sites excluding steroid dienone is 1. The van der Waals surface area contributed by atoms with Gasteiger partial charge in [-0.1, -0.05) is 24.3 Å². The van der Waals surface area contributed by atoms with Crippen molar-refractivity contribution in [3.05, 3.63) is 60.2 Å². The monoisotopic (exact) mass is 379 g/mol. The summed E-state index contributed by atoms with van der Waals surface area (Å²) in [6.07, 6.45) is 1.73. The van der Waals surface area contributed by atoms with Crippen LogP contribution in [0.1, 0.15) is 12.5 Å². The van der Waals surface area contributed by atoms with Gasteiger partial charge in [-0.25, -0.2) is 0 Å². The van der Waals surface area contributed by atoms with Crippen LogP contribution in [0.4, 0.5) is 11.4 Å². The molecule has 0 N–H and O–H groups in total. The number of ether oxygens (including phenoxy) is 1. The number of methoxy groups -OCH3 is 1. The van der Waals surface area contributed by atoms with Gasteiger partial charge in [0.15, 0.2) is 0 Å². The molecule has 0 aromatic heterocycles. The molecule has 2 aromatic carbocycles. The van der Waals surface area contributed by atoms with Crippen molar-refractivity contribution in [3.63, 3.8) is 0 Å². The van der Waals surface area contributed by atoms with Gasteiger partial charge in [0.1, 0.15) is 5.75 Å². The molecule has 1 aliphatic rings. The van der Waals surface area contributed by atoms with Crippen molar-refractivity contribution < 1.29 is 9.53 Å². The number of hydrogen-bond donors (Lipinski definition) is 0. The van der Waals surface area contributed by atoms with Gasteiger partial charge in [0, 0.05) is 32.3 Å². The Morgan fingerprint density at radius 2 is 1.75 bits per heavy atom. The van der Waals surface area contributed by atoms with E-state index >= 15 is 0 Å². The van der Waals surface area contributed by atoms with Crippen LogP contribution in [0.25, 0.3) is 5.57 Å². The SMILES string of the molecule is COc1ccc(/C(C)=C/C(=O)N2CCN(CCN(C)C)c3ccccc32)cc1. The fourth-order valence-corrected chi connectivity index (χ4v) is 3.40. The second-order valence-electron chi connectivity index (χ2n) is 7.32. The zero-order valence-corrected chi connectivity index (χ0v) is 17.2. The standard InChI is InChI=1S/C23H29N3O2/c1-18(19-9-11-20(28-4)12-10-19)17-23(27)26-16-15-25(14-13-24(2)3)21-7-5-6-8-22(21)26/h5-12,17H,13-16H2,1-4H3/b18-17+. The zero-order valence-electron chi connectivity index (χ0n) is 17.2. The van der Waals surface area contributed by atoms with Crippen LogP contribution in [-0.2, 0) is 4.79 Å². The average Bonchev–Trinajstić information content (AvgIpc) is 2.71. The van der Waals surface area contributed by atoms with E-state index in [9.17, 15) is 4.79 Å². The van der Waals surface area contributed by atoms with E-state index < -0.39 is 0 Å². The first-order valence-electron chi connectivity index (χ1n) is 9.62. The number of carbonyl (C=O) groups is 1. The molecule has 0 spiro atoms. The topological polar surface area (TPSA) is 36.0 Å². The summed E-state index contributed by atoms with van der Waals surface area (Å²) in [6.45, 7) is 5.44. The zero-order chi connectivity index (χ0) is 20.1. The second kappa shape index (κ2) is 8.93. The van der Waals surface area contributed by atoms with Crippen molar-refractivity contribution in [1.82, 2.24) is 4.90 Å². The normalized spacial score (nSPS) is 14.2. The molecule has 0 bridgehead atoms. The Labute approximate surface area is 167 Å². The molecule has 2 aromatic rings. The molecule has 1 heterocycles. The molecule has 5 nitrogen and oxygen atoms in total. The predicted molar refractivity (Wildman–Crippen MR) is 116 cm³/mol. The number of anilines is 2. The summed E-state index contributed by atoms with van der Waals surface area (Å²) in [5.74, 6) is 0.832. The molecular formula is C23H29N3O2.